The molecule has 0 radical (unpaired) electrons. The lowest BCUT2D eigenvalue weighted by molar-refractivity contribution is 0.0955. The van der Waals surface area contributed by atoms with Crippen molar-refractivity contribution in [3.05, 3.63) is 95.7 Å². The number of aromatic amines is 1. The summed E-state index contributed by atoms with van der Waals surface area (Å²) in [5.41, 5.74) is 6.41. The van der Waals surface area contributed by atoms with Gasteiger partial charge in [-0.05, 0) is 29.8 Å². The number of oxazole rings is 1. The predicted molar refractivity (Wildman–Crippen MR) is 113 cm³/mol. The van der Waals surface area contributed by atoms with Crippen LogP contribution in [0.5, 0.6) is 0 Å². The normalized spacial score (nSPS) is 15.3. The molecule has 0 saturated heterocycles. The molecule has 0 aliphatic carbocycles. The zero-order valence-corrected chi connectivity index (χ0v) is 15.8. The maximum atomic E-state index is 12.5. The second kappa shape index (κ2) is 6.42. The van der Waals surface area contributed by atoms with Crippen LogP contribution in [0.1, 0.15) is 27.7 Å². The number of H-pyrrole nitrogens is 1. The zero-order valence-electron chi connectivity index (χ0n) is 15.8. The van der Waals surface area contributed by atoms with Crippen LogP contribution in [-0.4, -0.2) is 21.1 Å². The van der Waals surface area contributed by atoms with Gasteiger partial charge in [-0.2, -0.15) is 5.10 Å². The highest BCUT2D eigenvalue weighted by molar-refractivity contribution is 6.00. The van der Waals surface area contributed by atoms with E-state index in [9.17, 15) is 4.79 Å². The maximum Gasteiger partial charge on any atom is 0.270 e. The average molecular weight is 392 g/mol. The van der Waals surface area contributed by atoms with E-state index in [0.29, 0.717) is 17.2 Å². The highest BCUT2D eigenvalue weighted by atomic mass is 16.3. The number of nitrogens with one attached hydrogen (secondary N) is 2. The van der Waals surface area contributed by atoms with E-state index in [1.54, 1.807) is 0 Å². The van der Waals surface area contributed by atoms with Crippen LogP contribution in [0.15, 0.2) is 83.3 Å². The molecule has 1 aliphatic rings. The third-order valence-electron chi connectivity index (χ3n) is 5.41. The Bertz CT molecular complexity index is 1390. The Balaban J connectivity index is 1.45. The number of benzene rings is 3. The van der Waals surface area contributed by atoms with E-state index in [1.165, 1.54) is 0 Å². The van der Waals surface area contributed by atoms with E-state index in [-0.39, 0.29) is 11.9 Å². The monoisotopic (exact) mass is 392 g/mol. The van der Waals surface area contributed by atoms with Gasteiger partial charge in [-0.25, -0.2) is 4.98 Å². The van der Waals surface area contributed by atoms with E-state index in [1.807, 2.05) is 78.9 Å². The number of hydrogen-bond donors (Lipinski definition) is 2. The van der Waals surface area contributed by atoms with Crippen molar-refractivity contribution in [1.29, 1.82) is 0 Å². The van der Waals surface area contributed by atoms with Crippen molar-refractivity contribution in [2.45, 2.75) is 6.04 Å². The molecule has 2 aromatic heterocycles. The van der Waals surface area contributed by atoms with Gasteiger partial charge in [0.1, 0.15) is 11.2 Å². The van der Waals surface area contributed by atoms with E-state index >= 15 is 0 Å². The minimum Gasteiger partial charge on any atom is -0.436 e. The number of hydrogen-bond acceptors (Lipinski definition) is 4. The Morgan fingerprint density at radius 1 is 0.867 bits per heavy atom. The maximum absolute atomic E-state index is 12.5. The summed E-state index contributed by atoms with van der Waals surface area (Å²) in [6.45, 7) is 0. The molecule has 30 heavy (non-hydrogen) atoms. The summed E-state index contributed by atoms with van der Waals surface area (Å²) >= 11 is 0. The highest BCUT2D eigenvalue weighted by Gasteiger charge is 2.35. The molecule has 1 unspecified atom stereocenters. The number of aromatic nitrogens is 3. The van der Waals surface area contributed by atoms with Gasteiger partial charge in [-0.15, -0.1) is 0 Å². The molecule has 6 heteroatoms. The molecule has 0 spiro atoms. The molecule has 6 rings (SSSR count). The summed E-state index contributed by atoms with van der Waals surface area (Å²) in [5, 5.41) is 10.4. The summed E-state index contributed by atoms with van der Waals surface area (Å²) in [4.78, 5) is 17.2. The lowest BCUT2D eigenvalue weighted by Gasteiger charge is -2.13. The molecule has 3 aromatic carbocycles. The summed E-state index contributed by atoms with van der Waals surface area (Å²) in [7, 11) is 0. The van der Waals surface area contributed by atoms with Gasteiger partial charge in [0.2, 0.25) is 5.89 Å². The highest BCUT2D eigenvalue weighted by Crippen LogP contribution is 2.38. The van der Waals surface area contributed by atoms with E-state index in [4.69, 9.17) is 4.42 Å². The first kappa shape index (κ1) is 16.7. The lowest BCUT2D eigenvalue weighted by atomic mass is 9.96. The second-order valence-electron chi connectivity index (χ2n) is 7.25. The van der Waals surface area contributed by atoms with Crippen LogP contribution in [-0.2, 0) is 0 Å². The zero-order chi connectivity index (χ0) is 20.1. The molecule has 3 heterocycles. The van der Waals surface area contributed by atoms with Gasteiger partial charge in [-0.3, -0.25) is 9.89 Å². The molecule has 1 aliphatic heterocycles. The molecule has 0 saturated carbocycles. The van der Waals surface area contributed by atoms with Crippen LogP contribution in [0.25, 0.3) is 33.8 Å². The number of carbonyl (C=O) groups excluding carboxylic acids is 1. The van der Waals surface area contributed by atoms with E-state index in [0.717, 1.165) is 33.5 Å². The Labute approximate surface area is 171 Å². The van der Waals surface area contributed by atoms with Gasteiger partial charge in [-0.1, -0.05) is 54.6 Å². The van der Waals surface area contributed by atoms with Crippen molar-refractivity contribution in [2.75, 3.05) is 0 Å². The van der Waals surface area contributed by atoms with Crippen LogP contribution in [0.3, 0.4) is 0 Å². The Hall–Kier alpha value is -4.19. The molecule has 5 aromatic rings. The predicted octanol–water partition coefficient (Wildman–Crippen LogP) is 4.72. The van der Waals surface area contributed by atoms with Crippen LogP contribution in [0, 0.1) is 0 Å². The minimum atomic E-state index is -0.303. The number of nitrogens with zero attached hydrogens (tertiary/aromatic N) is 2. The Morgan fingerprint density at radius 3 is 2.37 bits per heavy atom. The lowest BCUT2D eigenvalue weighted by Crippen LogP contribution is -2.21. The number of amides is 1. The third-order valence-corrected chi connectivity index (χ3v) is 5.41. The van der Waals surface area contributed by atoms with Gasteiger partial charge in [0.25, 0.3) is 5.91 Å². The fraction of sp³-hybridized carbons (Fsp3) is 0.0417. The molecule has 1 atom stereocenters. The Morgan fingerprint density at radius 2 is 1.60 bits per heavy atom. The average Bonchev–Trinajstić information content (AvgIpc) is 3.49. The molecule has 0 fully saturated rings. The molecular formula is C24H16N4O2. The molecule has 1 amide bonds. The third kappa shape index (κ3) is 2.54. The van der Waals surface area contributed by atoms with Crippen LogP contribution >= 0.6 is 0 Å². The SMILES string of the molecule is O=C1NC(c2ccc3oc(-c4ccccc4)nc3c2)c2c(-c3ccccc3)n[nH]c21. The first-order chi connectivity index (χ1) is 14.8. The summed E-state index contributed by atoms with van der Waals surface area (Å²) in [6.07, 6.45) is 0. The Kier molecular flexibility index (Phi) is 3.58. The fourth-order valence-corrected chi connectivity index (χ4v) is 3.97. The van der Waals surface area contributed by atoms with Crippen LogP contribution in [0.4, 0.5) is 0 Å². The summed E-state index contributed by atoms with van der Waals surface area (Å²) in [5.74, 6) is 0.419. The quantitative estimate of drug-likeness (QED) is 0.465. The summed E-state index contributed by atoms with van der Waals surface area (Å²) < 4.78 is 5.92. The fourth-order valence-electron chi connectivity index (χ4n) is 3.97. The molecule has 0 bridgehead atoms. The van der Waals surface area contributed by atoms with Crippen molar-refractivity contribution in [2.24, 2.45) is 0 Å². The minimum absolute atomic E-state index is 0.157. The number of carbonyl (C=O) groups is 1. The number of fused-ring (bicyclic) bond motifs is 2. The van der Waals surface area contributed by atoms with Crippen molar-refractivity contribution >= 4 is 17.0 Å². The van der Waals surface area contributed by atoms with E-state index < -0.39 is 0 Å². The van der Waals surface area contributed by atoms with Gasteiger partial charge in [0.15, 0.2) is 5.58 Å². The van der Waals surface area contributed by atoms with Crippen molar-refractivity contribution in [3.63, 3.8) is 0 Å². The summed E-state index contributed by atoms with van der Waals surface area (Å²) in [6, 6.07) is 25.2. The van der Waals surface area contributed by atoms with Crippen molar-refractivity contribution in [1.82, 2.24) is 20.5 Å². The van der Waals surface area contributed by atoms with Gasteiger partial charge in [0, 0.05) is 16.7 Å². The first-order valence-electron chi connectivity index (χ1n) is 9.68. The van der Waals surface area contributed by atoms with Crippen LogP contribution in [0.2, 0.25) is 0 Å². The molecule has 6 nitrogen and oxygen atoms in total. The first-order valence-corrected chi connectivity index (χ1v) is 9.68. The standard InChI is InChI=1S/C24H16N4O2/c29-23-22-19(21(27-28-22)14-7-3-1-4-8-14)20(26-23)16-11-12-18-17(13-16)25-24(30-18)15-9-5-2-6-10-15/h1-13,20H,(H,26,29)(H,27,28). The molecule has 2 N–H and O–H groups in total. The van der Waals surface area contributed by atoms with Gasteiger partial charge < -0.3 is 9.73 Å². The molecule has 144 valence electrons. The van der Waals surface area contributed by atoms with Crippen LogP contribution < -0.4 is 5.32 Å². The smallest absolute Gasteiger partial charge is 0.270 e. The molecular weight excluding hydrogens is 376 g/mol. The number of rotatable bonds is 3. The van der Waals surface area contributed by atoms with Crippen molar-refractivity contribution in [3.8, 4) is 22.7 Å². The topological polar surface area (TPSA) is 83.8 Å². The van der Waals surface area contributed by atoms with Gasteiger partial charge >= 0.3 is 0 Å². The van der Waals surface area contributed by atoms with E-state index in [2.05, 4.69) is 20.5 Å². The van der Waals surface area contributed by atoms with Crippen molar-refractivity contribution < 1.29 is 9.21 Å². The largest absolute Gasteiger partial charge is 0.436 e. The second-order valence-corrected chi connectivity index (χ2v) is 7.25. The van der Waals surface area contributed by atoms with Gasteiger partial charge in [0.05, 0.1) is 11.7 Å².